The molecule has 0 saturated carbocycles. The highest BCUT2D eigenvalue weighted by Crippen LogP contribution is 2.31. The predicted octanol–water partition coefficient (Wildman–Crippen LogP) is 3.32. The van der Waals surface area contributed by atoms with Gasteiger partial charge in [0.1, 0.15) is 21.4 Å². The Labute approximate surface area is 196 Å². The number of nitrogens with zero attached hydrogens (tertiary/aromatic N) is 4. The number of fused-ring (bicyclic) bond motifs is 1. The highest BCUT2D eigenvalue weighted by atomic mass is 127. The summed E-state index contributed by atoms with van der Waals surface area (Å²) in [6.07, 6.45) is -4.02. The summed E-state index contributed by atoms with van der Waals surface area (Å²) in [7, 11) is 0. The molecule has 2 aromatic rings. The zero-order valence-corrected chi connectivity index (χ0v) is 19.4. The predicted molar refractivity (Wildman–Crippen MR) is 119 cm³/mol. The fraction of sp³-hybridized carbons (Fsp3) is 0.476. The number of aromatic nitrogens is 2. The molecule has 1 atom stereocenters. The van der Waals surface area contributed by atoms with Crippen molar-refractivity contribution in [3.63, 3.8) is 0 Å². The van der Waals surface area contributed by atoms with E-state index in [0.29, 0.717) is 24.3 Å². The minimum atomic E-state index is -4.77. The van der Waals surface area contributed by atoms with Crippen LogP contribution >= 0.6 is 22.6 Å². The monoisotopic (exact) mass is 562 g/mol. The van der Waals surface area contributed by atoms with Crippen LogP contribution in [-0.4, -0.2) is 63.9 Å². The number of carbonyl (C=O) groups excluding carboxylic acids is 1. The third-order valence-corrected chi connectivity index (χ3v) is 6.28. The zero-order valence-electron chi connectivity index (χ0n) is 17.3. The third-order valence-electron chi connectivity index (χ3n) is 5.64. The molecule has 1 fully saturated rings. The van der Waals surface area contributed by atoms with E-state index in [-0.39, 0.29) is 12.6 Å². The van der Waals surface area contributed by atoms with Crippen molar-refractivity contribution in [2.24, 2.45) is 0 Å². The molecule has 7 nitrogen and oxygen atoms in total. The number of piperidine rings is 1. The fourth-order valence-electron chi connectivity index (χ4n) is 3.96. The van der Waals surface area contributed by atoms with Crippen LogP contribution in [0.4, 0.5) is 19.0 Å². The molecule has 2 aliphatic heterocycles. The van der Waals surface area contributed by atoms with Crippen molar-refractivity contribution in [2.45, 2.75) is 44.7 Å². The fourth-order valence-corrected chi connectivity index (χ4v) is 4.28. The van der Waals surface area contributed by atoms with Crippen LogP contribution < -0.4 is 9.64 Å². The zero-order chi connectivity index (χ0) is 23.0. The van der Waals surface area contributed by atoms with Crippen molar-refractivity contribution in [3.8, 4) is 5.75 Å². The number of pyridine rings is 2. The van der Waals surface area contributed by atoms with Crippen LogP contribution in [0.15, 0.2) is 24.4 Å². The lowest BCUT2D eigenvalue weighted by molar-refractivity contribution is -0.206. The lowest BCUT2D eigenvalue weighted by atomic mass is 10.1. The van der Waals surface area contributed by atoms with Gasteiger partial charge in [-0.2, -0.15) is 13.2 Å². The first kappa shape index (κ1) is 23.0. The van der Waals surface area contributed by atoms with Crippen LogP contribution in [0.1, 0.15) is 34.5 Å². The molecule has 4 rings (SSSR count). The maximum atomic E-state index is 12.7. The molecular weight excluding hydrogens is 540 g/mol. The average molecular weight is 562 g/mol. The van der Waals surface area contributed by atoms with Gasteiger partial charge in [-0.25, -0.2) is 9.97 Å². The van der Waals surface area contributed by atoms with E-state index in [4.69, 9.17) is 4.74 Å². The molecular formula is C21H22F3IN4O3. The maximum absolute atomic E-state index is 12.7. The van der Waals surface area contributed by atoms with Crippen LogP contribution in [0, 0.1) is 10.6 Å². The number of β-amino-alcohol motifs (C(OH)–C–C–N with tert-alkyl or cyclic N) is 1. The first-order valence-electron chi connectivity index (χ1n) is 10.2. The van der Waals surface area contributed by atoms with Crippen molar-refractivity contribution in [1.29, 1.82) is 0 Å². The minimum Gasteiger partial charge on any atom is -0.489 e. The van der Waals surface area contributed by atoms with Gasteiger partial charge in [0.25, 0.3) is 5.91 Å². The molecule has 1 saturated heterocycles. The Hall–Kier alpha value is -2.15. The van der Waals surface area contributed by atoms with Crippen molar-refractivity contribution in [3.05, 3.63) is 44.9 Å². The summed E-state index contributed by atoms with van der Waals surface area (Å²) < 4.78 is 45.0. The second-order valence-electron chi connectivity index (χ2n) is 7.99. The van der Waals surface area contributed by atoms with Crippen LogP contribution in [0.25, 0.3) is 0 Å². The second kappa shape index (κ2) is 9.00. The maximum Gasteiger partial charge on any atom is 0.416 e. The SMILES string of the molecule is Cc1cc2c(nc1N1CCC(Oc3ccc(I)nc3)CC1)CN(CC(O)C(F)(F)F)C2=O. The molecule has 0 aliphatic carbocycles. The number of aliphatic hydroxyl groups is 1. The van der Waals surface area contributed by atoms with Crippen molar-refractivity contribution in [2.75, 3.05) is 24.5 Å². The summed E-state index contributed by atoms with van der Waals surface area (Å²) in [5, 5.41) is 9.34. The van der Waals surface area contributed by atoms with Gasteiger partial charge in [-0.3, -0.25) is 4.79 Å². The van der Waals surface area contributed by atoms with E-state index in [1.165, 1.54) is 0 Å². The summed E-state index contributed by atoms with van der Waals surface area (Å²) in [5.74, 6) is 0.920. The van der Waals surface area contributed by atoms with Gasteiger partial charge in [-0.15, -0.1) is 0 Å². The van der Waals surface area contributed by atoms with Crippen LogP contribution in [-0.2, 0) is 6.54 Å². The summed E-state index contributed by atoms with van der Waals surface area (Å²) in [5.41, 5.74) is 1.52. The Kier molecular flexibility index (Phi) is 6.48. The number of anilines is 1. The number of ether oxygens (including phenoxy) is 1. The summed E-state index contributed by atoms with van der Waals surface area (Å²) in [6.45, 7) is 2.40. The van der Waals surface area contributed by atoms with Crippen molar-refractivity contribution >= 4 is 34.3 Å². The molecule has 11 heteroatoms. The molecule has 1 unspecified atom stereocenters. The molecule has 0 aromatic carbocycles. The molecule has 4 heterocycles. The highest BCUT2D eigenvalue weighted by Gasteiger charge is 2.42. The number of hydrogen-bond acceptors (Lipinski definition) is 6. The molecule has 0 spiro atoms. The van der Waals surface area contributed by atoms with Crippen LogP contribution in [0.2, 0.25) is 0 Å². The van der Waals surface area contributed by atoms with Gasteiger partial charge in [0.15, 0.2) is 6.10 Å². The Morgan fingerprint density at radius 3 is 2.66 bits per heavy atom. The van der Waals surface area contributed by atoms with Gasteiger partial charge in [0, 0.05) is 25.9 Å². The van der Waals surface area contributed by atoms with Gasteiger partial charge in [-0.1, -0.05) is 0 Å². The molecule has 0 radical (unpaired) electrons. The van der Waals surface area contributed by atoms with E-state index < -0.39 is 24.7 Å². The molecule has 32 heavy (non-hydrogen) atoms. The lowest BCUT2D eigenvalue weighted by Crippen LogP contribution is -2.41. The van der Waals surface area contributed by atoms with Gasteiger partial charge < -0.3 is 19.6 Å². The number of amides is 1. The van der Waals surface area contributed by atoms with Crippen LogP contribution in [0.3, 0.4) is 0 Å². The first-order chi connectivity index (χ1) is 15.1. The number of aliphatic hydroxyl groups excluding tert-OH is 1. The Balaban J connectivity index is 1.41. The molecule has 2 aromatic heterocycles. The lowest BCUT2D eigenvalue weighted by Gasteiger charge is -2.33. The largest absolute Gasteiger partial charge is 0.489 e. The van der Waals surface area contributed by atoms with Crippen molar-refractivity contribution < 1.29 is 27.8 Å². The van der Waals surface area contributed by atoms with E-state index in [0.717, 1.165) is 38.6 Å². The molecule has 2 aliphatic rings. The smallest absolute Gasteiger partial charge is 0.416 e. The second-order valence-corrected chi connectivity index (χ2v) is 9.09. The average Bonchev–Trinajstić information content (AvgIpc) is 3.04. The standard InChI is InChI=1S/C21H22F3IN4O3/c1-12-8-15-16(10-29(20(15)31)11-17(30)21(22,23)24)27-19(12)28-6-4-13(5-7-28)32-14-2-3-18(25)26-9-14/h2-3,8-9,13,17,30H,4-7,10-11H2,1H3. The van der Waals surface area contributed by atoms with E-state index in [9.17, 15) is 23.1 Å². The number of hydrogen-bond donors (Lipinski definition) is 1. The van der Waals surface area contributed by atoms with Gasteiger partial charge in [-0.05, 0) is 53.3 Å². The number of halogens is 4. The summed E-state index contributed by atoms with van der Waals surface area (Å²) in [4.78, 5) is 24.5. The summed E-state index contributed by atoms with van der Waals surface area (Å²) >= 11 is 2.14. The van der Waals surface area contributed by atoms with Crippen LogP contribution in [0.5, 0.6) is 5.75 Å². The number of carbonyl (C=O) groups is 1. The molecule has 172 valence electrons. The van der Waals surface area contributed by atoms with E-state index in [1.54, 1.807) is 12.3 Å². The Bertz CT molecular complexity index is 995. The number of aryl methyl sites for hydroxylation is 1. The molecule has 1 amide bonds. The number of alkyl halides is 3. The third kappa shape index (κ3) is 4.92. The Morgan fingerprint density at radius 2 is 2.03 bits per heavy atom. The highest BCUT2D eigenvalue weighted by molar-refractivity contribution is 14.1. The van der Waals surface area contributed by atoms with E-state index >= 15 is 0 Å². The Morgan fingerprint density at radius 1 is 1.31 bits per heavy atom. The van der Waals surface area contributed by atoms with E-state index in [1.807, 2.05) is 19.1 Å². The van der Waals surface area contributed by atoms with Gasteiger partial charge >= 0.3 is 6.18 Å². The molecule has 1 N–H and O–H groups in total. The molecule has 0 bridgehead atoms. The number of rotatable bonds is 5. The topological polar surface area (TPSA) is 78.8 Å². The van der Waals surface area contributed by atoms with Gasteiger partial charge in [0.05, 0.1) is 30.5 Å². The summed E-state index contributed by atoms with van der Waals surface area (Å²) in [6, 6.07) is 5.47. The van der Waals surface area contributed by atoms with E-state index in [2.05, 4.69) is 37.5 Å². The minimum absolute atomic E-state index is 0.0476. The van der Waals surface area contributed by atoms with Crippen molar-refractivity contribution in [1.82, 2.24) is 14.9 Å². The normalized spacial score (nSPS) is 18.1. The first-order valence-corrected chi connectivity index (χ1v) is 11.3. The van der Waals surface area contributed by atoms with Gasteiger partial charge in [0.2, 0.25) is 0 Å². The quantitative estimate of drug-likeness (QED) is 0.446.